The Morgan fingerprint density at radius 1 is 1.28 bits per heavy atom. The first-order valence-corrected chi connectivity index (χ1v) is 6.43. The third-order valence-corrected chi connectivity index (χ3v) is 2.65. The maximum absolute atomic E-state index is 11.5. The van der Waals surface area contributed by atoms with E-state index in [0.29, 0.717) is 40.1 Å². The van der Waals surface area contributed by atoms with Crippen molar-refractivity contribution >= 4 is 52.1 Å². The van der Waals surface area contributed by atoms with Crippen LogP contribution >= 0.6 is 35.4 Å². The largest absolute Gasteiger partial charge is 0.393 e. The fraction of sp³-hybridized carbons (Fsp3) is 0.273. The maximum atomic E-state index is 11.5. The number of anilines is 1. The number of carbonyl (C=O) groups is 1. The number of benzene rings is 1. The van der Waals surface area contributed by atoms with E-state index in [-0.39, 0.29) is 6.03 Å². The molecule has 0 bridgehead atoms. The topological polar surface area (TPSA) is 67.1 Å². The number of nitrogens with two attached hydrogens (primary N) is 1. The molecule has 0 radical (unpaired) electrons. The van der Waals surface area contributed by atoms with Crippen LogP contribution in [0.4, 0.5) is 10.5 Å². The molecule has 7 heteroatoms. The Hall–Kier alpha value is -1.04. The Balaban J connectivity index is 2.37. The predicted molar refractivity (Wildman–Crippen MR) is 79.5 cm³/mol. The van der Waals surface area contributed by atoms with E-state index in [1.54, 1.807) is 18.2 Å². The van der Waals surface area contributed by atoms with Crippen molar-refractivity contribution in [2.75, 3.05) is 11.9 Å². The average Bonchev–Trinajstić information content (AvgIpc) is 2.22. The molecule has 1 aromatic carbocycles. The van der Waals surface area contributed by atoms with Crippen molar-refractivity contribution in [1.82, 2.24) is 5.32 Å². The number of nitrogens with one attached hydrogen (secondary N) is 2. The van der Waals surface area contributed by atoms with Gasteiger partial charge in [0, 0.05) is 22.3 Å². The lowest BCUT2D eigenvalue weighted by atomic mass is 10.3. The molecule has 1 rings (SSSR count). The predicted octanol–water partition coefficient (Wildman–Crippen LogP) is 3.18. The van der Waals surface area contributed by atoms with Crippen LogP contribution in [0.25, 0.3) is 0 Å². The Bertz CT molecular complexity index is 434. The lowest BCUT2D eigenvalue weighted by molar-refractivity contribution is 0.252. The highest BCUT2D eigenvalue weighted by atomic mass is 35.5. The van der Waals surface area contributed by atoms with Crippen molar-refractivity contribution < 1.29 is 4.79 Å². The molecule has 0 fully saturated rings. The van der Waals surface area contributed by atoms with Crippen LogP contribution in [-0.2, 0) is 0 Å². The van der Waals surface area contributed by atoms with Crippen molar-refractivity contribution in [1.29, 1.82) is 0 Å². The van der Waals surface area contributed by atoms with E-state index in [1.807, 2.05) is 0 Å². The van der Waals surface area contributed by atoms with E-state index in [2.05, 4.69) is 10.6 Å². The molecule has 18 heavy (non-hydrogen) atoms. The van der Waals surface area contributed by atoms with E-state index in [1.165, 1.54) is 0 Å². The van der Waals surface area contributed by atoms with Gasteiger partial charge in [0.2, 0.25) is 0 Å². The summed E-state index contributed by atoms with van der Waals surface area (Å²) in [4.78, 5) is 12.0. The highest BCUT2D eigenvalue weighted by Crippen LogP contribution is 2.22. The van der Waals surface area contributed by atoms with Crippen molar-refractivity contribution in [2.24, 2.45) is 5.73 Å². The van der Waals surface area contributed by atoms with Crippen LogP contribution in [0.3, 0.4) is 0 Å². The highest BCUT2D eigenvalue weighted by Gasteiger charge is 2.03. The lowest BCUT2D eigenvalue weighted by Crippen LogP contribution is -2.30. The zero-order valence-corrected chi connectivity index (χ0v) is 11.8. The Kier molecular flexibility index (Phi) is 6.18. The van der Waals surface area contributed by atoms with Crippen LogP contribution in [0.5, 0.6) is 0 Å². The van der Waals surface area contributed by atoms with Gasteiger partial charge in [0.25, 0.3) is 0 Å². The van der Waals surface area contributed by atoms with Crippen LogP contribution in [-0.4, -0.2) is 17.6 Å². The van der Waals surface area contributed by atoms with Gasteiger partial charge < -0.3 is 16.4 Å². The smallest absolute Gasteiger partial charge is 0.319 e. The molecular formula is C11H13Cl2N3OS. The minimum atomic E-state index is -0.323. The number of urea groups is 1. The van der Waals surface area contributed by atoms with E-state index in [0.717, 1.165) is 0 Å². The fourth-order valence-electron chi connectivity index (χ4n) is 1.27. The van der Waals surface area contributed by atoms with Gasteiger partial charge in [-0.1, -0.05) is 35.4 Å². The number of rotatable bonds is 5. The molecule has 0 aliphatic carbocycles. The van der Waals surface area contributed by atoms with Gasteiger partial charge in [0.1, 0.15) is 0 Å². The van der Waals surface area contributed by atoms with Gasteiger partial charge in [-0.2, -0.15) is 0 Å². The Morgan fingerprint density at radius 2 is 1.89 bits per heavy atom. The Labute approximate surface area is 121 Å². The van der Waals surface area contributed by atoms with E-state index in [4.69, 9.17) is 41.2 Å². The molecule has 0 aliphatic rings. The van der Waals surface area contributed by atoms with Crippen molar-refractivity contribution in [2.45, 2.75) is 12.8 Å². The van der Waals surface area contributed by atoms with Crippen LogP contribution in [0.1, 0.15) is 12.8 Å². The first-order chi connectivity index (χ1) is 8.47. The van der Waals surface area contributed by atoms with Gasteiger partial charge in [-0.15, -0.1) is 0 Å². The van der Waals surface area contributed by atoms with Gasteiger partial charge >= 0.3 is 6.03 Å². The van der Waals surface area contributed by atoms with Crippen LogP contribution < -0.4 is 16.4 Å². The number of carbonyl (C=O) groups excluding carboxylic acids is 1. The average molecular weight is 306 g/mol. The normalized spacial score (nSPS) is 9.89. The monoisotopic (exact) mass is 305 g/mol. The standard InChI is InChI=1S/C11H13Cl2N3OS/c12-7-4-8(13)6-9(5-7)16-11(17)15-3-1-2-10(14)18/h4-6H,1-3H2,(H2,14,18)(H2,15,16,17). The fourth-order valence-corrected chi connectivity index (χ4v) is 1.94. The molecule has 0 aromatic heterocycles. The molecule has 0 aliphatic heterocycles. The quantitative estimate of drug-likeness (QED) is 0.578. The van der Waals surface area contributed by atoms with Gasteiger partial charge in [0.15, 0.2) is 0 Å². The molecule has 0 saturated heterocycles. The molecule has 0 heterocycles. The highest BCUT2D eigenvalue weighted by molar-refractivity contribution is 7.80. The summed E-state index contributed by atoms with van der Waals surface area (Å²) in [6, 6.07) is 4.49. The second-order valence-corrected chi connectivity index (χ2v) is 5.01. The third kappa shape index (κ3) is 6.05. The summed E-state index contributed by atoms with van der Waals surface area (Å²) in [6.07, 6.45) is 1.32. The number of hydrogen-bond donors (Lipinski definition) is 3. The summed E-state index contributed by atoms with van der Waals surface area (Å²) >= 11 is 16.3. The first-order valence-electron chi connectivity index (χ1n) is 5.26. The van der Waals surface area contributed by atoms with E-state index < -0.39 is 0 Å². The molecule has 0 spiro atoms. The molecular weight excluding hydrogens is 293 g/mol. The maximum Gasteiger partial charge on any atom is 0.319 e. The van der Waals surface area contributed by atoms with E-state index >= 15 is 0 Å². The van der Waals surface area contributed by atoms with Crippen LogP contribution in [0.2, 0.25) is 10.0 Å². The molecule has 98 valence electrons. The minimum Gasteiger partial charge on any atom is -0.393 e. The van der Waals surface area contributed by atoms with Crippen molar-refractivity contribution in [3.05, 3.63) is 28.2 Å². The van der Waals surface area contributed by atoms with E-state index in [9.17, 15) is 4.79 Å². The second-order valence-electron chi connectivity index (χ2n) is 3.61. The summed E-state index contributed by atoms with van der Waals surface area (Å²) in [5, 5.41) is 6.23. The van der Waals surface area contributed by atoms with Gasteiger partial charge in [-0.3, -0.25) is 0 Å². The molecule has 0 unspecified atom stereocenters. The lowest BCUT2D eigenvalue weighted by Gasteiger charge is -2.08. The number of halogens is 2. The van der Waals surface area contributed by atoms with Gasteiger partial charge in [-0.25, -0.2) is 4.79 Å². The molecule has 0 atom stereocenters. The summed E-state index contributed by atoms with van der Waals surface area (Å²) in [5.41, 5.74) is 5.88. The molecule has 4 N–H and O–H groups in total. The second kappa shape index (κ2) is 7.41. The summed E-state index contributed by atoms with van der Waals surface area (Å²) < 4.78 is 0. The molecule has 2 amide bonds. The van der Waals surface area contributed by atoms with Crippen molar-refractivity contribution in [3.63, 3.8) is 0 Å². The van der Waals surface area contributed by atoms with Crippen molar-refractivity contribution in [3.8, 4) is 0 Å². The first kappa shape index (κ1) is 15.0. The summed E-state index contributed by atoms with van der Waals surface area (Å²) in [5.74, 6) is 0. The zero-order valence-electron chi connectivity index (χ0n) is 9.50. The molecule has 0 saturated carbocycles. The summed E-state index contributed by atoms with van der Waals surface area (Å²) in [6.45, 7) is 0.497. The number of hydrogen-bond acceptors (Lipinski definition) is 2. The molecule has 1 aromatic rings. The molecule has 4 nitrogen and oxygen atoms in total. The van der Waals surface area contributed by atoms with Gasteiger partial charge in [0.05, 0.1) is 4.99 Å². The number of thiocarbonyl (C=S) groups is 1. The zero-order chi connectivity index (χ0) is 13.5. The van der Waals surface area contributed by atoms with Crippen LogP contribution in [0, 0.1) is 0 Å². The SMILES string of the molecule is NC(=S)CCCNC(=O)Nc1cc(Cl)cc(Cl)c1. The number of amides is 2. The van der Waals surface area contributed by atoms with Crippen LogP contribution in [0.15, 0.2) is 18.2 Å². The summed E-state index contributed by atoms with van der Waals surface area (Å²) in [7, 11) is 0. The minimum absolute atomic E-state index is 0.323. The third-order valence-electron chi connectivity index (χ3n) is 2.01. The Morgan fingerprint density at radius 3 is 2.44 bits per heavy atom. The van der Waals surface area contributed by atoms with Gasteiger partial charge in [-0.05, 0) is 31.0 Å².